The van der Waals surface area contributed by atoms with Crippen molar-refractivity contribution in [3.8, 4) is 5.75 Å². The van der Waals surface area contributed by atoms with Gasteiger partial charge in [0.25, 0.3) is 0 Å². The number of hydrogen-bond donors (Lipinski definition) is 1. The summed E-state index contributed by atoms with van der Waals surface area (Å²) in [6.07, 6.45) is 0. The first-order valence-corrected chi connectivity index (χ1v) is 6.83. The van der Waals surface area contributed by atoms with Crippen molar-refractivity contribution in [2.24, 2.45) is 0 Å². The minimum absolute atomic E-state index is 0.301. The fourth-order valence-corrected chi connectivity index (χ4v) is 1.98. The van der Waals surface area contributed by atoms with Gasteiger partial charge in [-0.25, -0.2) is 4.39 Å². The molecule has 2 rings (SSSR count). The molecule has 0 amide bonds. The summed E-state index contributed by atoms with van der Waals surface area (Å²) in [6.45, 7) is 3.18. The maximum absolute atomic E-state index is 13.0. The van der Waals surface area contributed by atoms with Gasteiger partial charge in [-0.15, -0.1) is 0 Å². The zero-order chi connectivity index (χ0) is 13.7. The van der Waals surface area contributed by atoms with E-state index in [4.69, 9.17) is 4.74 Å². The third kappa shape index (κ3) is 4.24. The smallest absolute Gasteiger partial charge is 0.136 e. The molecule has 100 valence electrons. The molecule has 4 heteroatoms. The van der Waals surface area contributed by atoms with E-state index in [1.54, 1.807) is 6.07 Å². The number of hydrogen-bond acceptors (Lipinski definition) is 2. The van der Waals surface area contributed by atoms with Crippen molar-refractivity contribution in [1.29, 1.82) is 0 Å². The van der Waals surface area contributed by atoms with Gasteiger partial charge in [0.2, 0.25) is 0 Å². The number of ether oxygens (including phenoxy) is 1. The average molecular weight is 324 g/mol. The Morgan fingerprint density at radius 3 is 2.63 bits per heavy atom. The first kappa shape index (κ1) is 13.9. The average Bonchev–Trinajstić information content (AvgIpc) is 2.40. The van der Waals surface area contributed by atoms with Gasteiger partial charge in [0.1, 0.15) is 18.2 Å². The van der Waals surface area contributed by atoms with Crippen molar-refractivity contribution in [2.45, 2.75) is 6.92 Å². The number of benzene rings is 2. The molecule has 19 heavy (non-hydrogen) atoms. The summed E-state index contributed by atoms with van der Waals surface area (Å²) in [6, 6.07) is 12.5. The summed E-state index contributed by atoms with van der Waals surface area (Å²) in [4.78, 5) is 0. The van der Waals surface area contributed by atoms with Crippen LogP contribution in [0.3, 0.4) is 0 Å². The number of rotatable bonds is 5. The Hall–Kier alpha value is -1.55. The molecule has 0 aliphatic carbocycles. The molecule has 2 aromatic carbocycles. The maximum Gasteiger partial charge on any atom is 0.136 e. The maximum atomic E-state index is 13.0. The van der Waals surface area contributed by atoms with Crippen LogP contribution in [-0.4, -0.2) is 13.2 Å². The summed E-state index contributed by atoms with van der Waals surface area (Å²) < 4.78 is 19.3. The molecule has 0 heterocycles. The first-order chi connectivity index (χ1) is 9.15. The van der Waals surface area contributed by atoms with E-state index in [0.29, 0.717) is 18.9 Å². The third-order valence-electron chi connectivity index (χ3n) is 2.63. The number of nitrogens with one attached hydrogen (secondary N) is 1. The molecule has 1 N–H and O–H groups in total. The lowest BCUT2D eigenvalue weighted by Gasteiger charge is -2.10. The van der Waals surface area contributed by atoms with Crippen molar-refractivity contribution in [3.05, 3.63) is 58.3 Å². The molecule has 0 bridgehead atoms. The molecule has 0 saturated carbocycles. The Bertz CT molecular complexity index is 542. The highest BCUT2D eigenvalue weighted by atomic mass is 79.9. The predicted octanol–water partition coefficient (Wildman–Crippen LogP) is 4.39. The summed E-state index contributed by atoms with van der Waals surface area (Å²) in [5.74, 6) is 0.218. The Morgan fingerprint density at radius 2 is 1.89 bits per heavy atom. The van der Waals surface area contributed by atoms with E-state index in [0.717, 1.165) is 10.2 Å². The molecule has 0 spiro atoms. The number of aryl methyl sites for hydroxylation is 1. The topological polar surface area (TPSA) is 21.3 Å². The van der Waals surface area contributed by atoms with Crippen LogP contribution < -0.4 is 10.1 Å². The highest BCUT2D eigenvalue weighted by molar-refractivity contribution is 9.10. The lowest BCUT2D eigenvalue weighted by Crippen LogP contribution is -2.11. The van der Waals surface area contributed by atoms with Crippen molar-refractivity contribution in [1.82, 2.24) is 0 Å². The van der Waals surface area contributed by atoms with Crippen LogP contribution in [0.4, 0.5) is 10.1 Å². The van der Waals surface area contributed by atoms with Gasteiger partial charge < -0.3 is 10.1 Å². The van der Waals surface area contributed by atoms with Crippen molar-refractivity contribution >= 4 is 21.6 Å². The van der Waals surface area contributed by atoms with Crippen LogP contribution in [0.5, 0.6) is 5.75 Å². The van der Waals surface area contributed by atoms with Crippen molar-refractivity contribution in [2.75, 3.05) is 18.5 Å². The zero-order valence-corrected chi connectivity index (χ0v) is 12.2. The molecule has 0 saturated heterocycles. The van der Waals surface area contributed by atoms with Gasteiger partial charge in [-0.3, -0.25) is 0 Å². The molecular weight excluding hydrogens is 309 g/mol. The molecule has 0 aliphatic rings. The first-order valence-electron chi connectivity index (χ1n) is 6.03. The van der Waals surface area contributed by atoms with Crippen LogP contribution in [0.1, 0.15) is 5.56 Å². The Morgan fingerprint density at radius 1 is 1.16 bits per heavy atom. The van der Waals surface area contributed by atoms with Crippen LogP contribution in [0.2, 0.25) is 0 Å². The van der Waals surface area contributed by atoms with Gasteiger partial charge in [-0.05, 0) is 47.1 Å². The third-order valence-corrected chi connectivity index (χ3v) is 3.29. The molecule has 0 radical (unpaired) electrons. The number of anilines is 1. The molecule has 0 fully saturated rings. The van der Waals surface area contributed by atoms with Gasteiger partial charge in [-0.2, -0.15) is 0 Å². The molecular formula is C15H15BrFNO. The predicted molar refractivity (Wildman–Crippen MR) is 79.3 cm³/mol. The molecule has 0 aliphatic heterocycles. The monoisotopic (exact) mass is 323 g/mol. The quantitative estimate of drug-likeness (QED) is 0.824. The van der Waals surface area contributed by atoms with Crippen LogP contribution in [0.15, 0.2) is 46.9 Å². The van der Waals surface area contributed by atoms with E-state index < -0.39 is 0 Å². The van der Waals surface area contributed by atoms with Crippen LogP contribution >= 0.6 is 15.9 Å². The van der Waals surface area contributed by atoms with E-state index in [1.165, 1.54) is 17.7 Å². The summed E-state index contributed by atoms with van der Waals surface area (Å²) in [5.41, 5.74) is 2.28. The van der Waals surface area contributed by atoms with E-state index in [-0.39, 0.29) is 5.82 Å². The van der Waals surface area contributed by atoms with E-state index in [9.17, 15) is 4.39 Å². The normalized spacial score (nSPS) is 10.3. The molecule has 2 aromatic rings. The second kappa shape index (κ2) is 6.57. The highest BCUT2D eigenvalue weighted by Crippen LogP contribution is 2.25. The Kier molecular flexibility index (Phi) is 4.80. The van der Waals surface area contributed by atoms with Gasteiger partial charge in [-0.1, -0.05) is 17.7 Å². The number of halogens is 2. The van der Waals surface area contributed by atoms with Crippen LogP contribution in [-0.2, 0) is 0 Å². The second-order valence-electron chi connectivity index (χ2n) is 4.22. The van der Waals surface area contributed by atoms with E-state index in [2.05, 4.69) is 21.2 Å². The summed E-state index contributed by atoms with van der Waals surface area (Å²) >= 11 is 3.32. The highest BCUT2D eigenvalue weighted by Gasteiger charge is 2.02. The zero-order valence-electron chi connectivity index (χ0n) is 10.6. The lowest BCUT2D eigenvalue weighted by atomic mass is 10.2. The summed E-state index contributed by atoms with van der Waals surface area (Å²) in [7, 11) is 0. The second-order valence-corrected chi connectivity index (χ2v) is 5.07. The van der Waals surface area contributed by atoms with Crippen LogP contribution in [0, 0.1) is 12.7 Å². The molecule has 0 atom stereocenters. The molecule has 0 unspecified atom stereocenters. The van der Waals surface area contributed by atoms with Gasteiger partial charge >= 0.3 is 0 Å². The van der Waals surface area contributed by atoms with Crippen molar-refractivity contribution < 1.29 is 9.13 Å². The Labute approximate surface area is 120 Å². The fourth-order valence-electron chi connectivity index (χ4n) is 1.62. The molecule has 0 aromatic heterocycles. The largest absolute Gasteiger partial charge is 0.490 e. The van der Waals surface area contributed by atoms with Crippen molar-refractivity contribution in [3.63, 3.8) is 0 Å². The van der Waals surface area contributed by atoms with E-state index in [1.807, 2.05) is 31.2 Å². The fraction of sp³-hybridized carbons (Fsp3) is 0.200. The van der Waals surface area contributed by atoms with E-state index >= 15 is 0 Å². The minimum atomic E-state index is -0.301. The Balaban J connectivity index is 1.80. The van der Waals surface area contributed by atoms with Gasteiger partial charge in [0, 0.05) is 18.3 Å². The SMILES string of the molecule is Cc1ccc(NCCOc2cc(F)ccc2Br)cc1. The standard InChI is InChI=1S/C15H15BrFNO/c1-11-2-5-13(6-3-11)18-8-9-19-15-10-12(17)4-7-14(15)16/h2-7,10,18H,8-9H2,1H3. The van der Waals surface area contributed by atoms with Gasteiger partial charge in [0.05, 0.1) is 4.47 Å². The lowest BCUT2D eigenvalue weighted by molar-refractivity contribution is 0.329. The van der Waals surface area contributed by atoms with Crippen LogP contribution in [0.25, 0.3) is 0 Å². The minimum Gasteiger partial charge on any atom is -0.490 e. The molecule has 2 nitrogen and oxygen atoms in total. The van der Waals surface area contributed by atoms with Gasteiger partial charge in [0.15, 0.2) is 0 Å². The summed E-state index contributed by atoms with van der Waals surface area (Å²) in [5, 5.41) is 3.24.